The number of allylic oxidation sites excluding steroid dienone is 1. The molecule has 4 rings (SSSR count). The lowest BCUT2D eigenvalue weighted by Crippen LogP contribution is -2.51. The second-order valence-corrected chi connectivity index (χ2v) is 12.9. The highest BCUT2D eigenvalue weighted by molar-refractivity contribution is 5.90. The van der Waals surface area contributed by atoms with Crippen molar-refractivity contribution in [2.45, 2.75) is 116 Å². The predicted octanol–water partition coefficient (Wildman–Crippen LogP) is 5.69. The number of epoxide rings is 2. The smallest absolute Gasteiger partial charge is 0.407 e. The lowest BCUT2D eigenvalue weighted by atomic mass is 9.64. The van der Waals surface area contributed by atoms with Crippen molar-refractivity contribution in [1.29, 1.82) is 0 Å². The van der Waals surface area contributed by atoms with Crippen molar-refractivity contribution in [3.05, 3.63) is 41.5 Å². The normalized spacial score (nSPS) is 29.3. The summed E-state index contributed by atoms with van der Waals surface area (Å²) in [6.45, 7) is 11.8. The molecule has 2 saturated heterocycles. The molecule has 3 aliphatic rings. The zero-order chi connectivity index (χ0) is 31.9. The van der Waals surface area contributed by atoms with Crippen LogP contribution in [0.2, 0.25) is 0 Å². The highest BCUT2D eigenvalue weighted by atomic mass is 16.6. The quantitative estimate of drug-likeness (QED) is 0.147. The number of rotatable bonds is 15. The Labute approximate surface area is 261 Å². The van der Waals surface area contributed by atoms with Crippen LogP contribution in [0.25, 0.3) is 0 Å². The van der Waals surface area contributed by atoms with Crippen LogP contribution in [0.5, 0.6) is 0 Å². The SMILES string of the molecule is CCC(COC(=O)CCCC(=O)Nc1ccc(CNC(=O)O[C@@H]2CC[C@]3(CO3)[C@@H](C3(C)O[C@@H]3CC=C(C)C)[C@@H]2C)cc1)OC. The monoisotopic (exact) mass is 614 g/mol. The first kappa shape index (κ1) is 33.9. The standard InChI is InChI=1S/C34H50N2O8/c1-7-26(40-6)20-41-30(38)10-8-9-29(37)36-25-14-12-24(13-15-25)19-35-32(39)43-27-17-18-34(21-42-34)31(23(27)4)33(5)28(44-33)16-11-22(2)3/h11-15,23,26-28,31H,7-10,16-21H2,1-6H3,(H,35,39)(H,36,37)/t23-,26?,27-,28-,31-,33?,34+/m1/s1. The molecule has 1 spiro atoms. The van der Waals surface area contributed by atoms with Crippen LogP contribution in [0.4, 0.5) is 10.5 Å². The maximum absolute atomic E-state index is 12.8. The largest absolute Gasteiger partial charge is 0.463 e. The van der Waals surface area contributed by atoms with Gasteiger partial charge in [-0.05, 0) is 70.6 Å². The van der Waals surface area contributed by atoms with Gasteiger partial charge in [0, 0.05) is 44.0 Å². The van der Waals surface area contributed by atoms with Gasteiger partial charge in [0.05, 0.1) is 30.0 Å². The fourth-order valence-corrected chi connectivity index (χ4v) is 6.58. The van der Waals surface area contributed by atoms with Gasteiger partial charge in [-0.2, -0.15) is 0 Å². The number of alkyl carbamates (subject to hydrolysis) is 1. The Morgan fingerprint density at radius 2 is 1.89 bits per heavy atom. The van der Waals surface area contributed by atoms with Gasteiger partial charge in [0.25, 0.3) is 0 Å². The van der Waals surface area contributed by atoms with Gasteiger partial charge >= 0.3 is 12.1 Å². The first-order chi connectivity index (χ1) is 21.0. The second kappa shape index (κ2) is 14.9. The number of hydrogen-bond acceptors (Lipinski definition) is 8. The first-order valence-electron chi connectivity index (χ1n) is 16.0. The van der Waals surface area contributed by atoms with Crippen molar-refractivity contribution >= 4 is 23.7 Å². The van der Waals surface area contributed by atoms with Gasteiger partial charge in [-0.3, -0.25) is 9.59 Å². The van der Waals surface area contributed by atoms with Gasteiger partial charge in [0.2, 0.25) is 5.91 Å². The highest BCUT2D eigenvalue weighted by Gasteiger charge is 2.70. The number of carbonyl (C=O) groups is 3. The van der Waals surface area contributed by atoms with Gasteiger partial charge in [0.1, 0.15) is 12.7 Å². The van der Waals surface area contributed by atoms with E-state index in [2.05, 4.69) is 44.4 Å². The molecule has 3 fully saturated rings. The number of benzene rings is 1. The van der Waals surface area contributed by atoms with E-state index in [0.29, 0.717) is 18.7 Å². The molecule has 0 bridgehead atoms. The van der Waals surface area contributed by atoms with E-state index in [-0.39, 0.29) is 72.7 Å². The van der Waals surface area contributed by atoms with Crippen LogP contribution in [0.1, 0.15) is 85.1 Å². The van der Waals surface area contributed by atoms with Crippen molar-refractivity contribution in [3.8, 4) is 0 Å². The van der Waals surface area contributed by atoms with Crippen molar-refractivity contribution in [3.63, 3.8) is 0 Å². The van der Waals surface area contributed by atoms with Crippen LogP contribution < -0.4 is 10.6 Å². The van der Waals surface area contributed by atoms with Gasteiger partial charge < -0.3 is 34.3 Å². The van der Waals surface area contributed by atoms with Crippen molar-refractivity contribution in [1.82, 2.24) is 5.32 Å². The summed E-state index contributed by atoms with van der Waals surface area (Å²) in [4.78, 5) is 37.0. The molecule has 1 aliphatic carbocycles. The molecule has 44 heavy (non-hydrogen) atoms. The van der Waals surface area contributed by atoms with E-state index in [1.165, 1.54) is 5.57 Å². The number of nitrogens with one attached hydrogen (secondary N) is 2. The molecule has 10 heteroatoms. The summed E-state index contributed by atoms with van der Waals surface area (Å²) in [5.41, 5.74) is 2.38. The lowest BCUT2D eigenvalue weighted by molar-refractivity contribution is -0.147. The van der Waals surface area contributed by atoms with E-state index >= 15 is 0 Å². The number of ether oxygens (including phenoxy) is 5. The van der Waals surface area contributed by atoms with E-state index in [4.69, 9.17) is 23.7 Å². The minimum absolute atomic E-state index is 0.108. The summed E-state index contributed by atoms with van der Waals surface area (Å²) >= 11 is 0. The number of methoxy groups -OCH3 is 1. The molecule has 2 N–H and O–H groups in total. The highest BCUT2D eigenvalue weighted by Crippen LogP contribution is 2.60. The van der Waals surface area contributed by atoms with Crippen LogP contribution in [0.3, 0.4) is 0 Å². The number of esters is 1. The molecular formula is C34H50N2O8. The Kier molecular flexibility index (Phi) is 11.5. The van der Waals surface area contributed by atoms with Crippen molar-refractivity contribution in [2.24, 2.45) is 11.8 Å². The Hall–Kier alpha value is -2.95. The number of amides is 2. The van der Waals surface area contributed by atoms with Crippen LogP contribution in [0.15, 0.2) is 35.9 Å². The van der Waals surface area contributed by atoms with E-state index in [0.717, 1.165) is 37.9 Å². The average Bonchev–Trinajstić information content (AvgIpc) is 3.90. The molecule has 1 aromatic carbocycles. The van der Waals surface area contributed by atoms with Gasteiger partial charge in [-0.1, -0.05) is 37.6 Å². The third kappa shape index (κ3) is 8.82. The third-order valence-electron chi connectivity index (χ3n) is 9.32. The Morgan fingerprint density at radius 3 is 2.52 bits per heavy atom. The van der Waals surface area contributed by atoms with Crippen LogP contribution in [-0.4, -0.2) is 67.8 Å². The summed E-state index contributed by atoms with van der Waals surface area (Å²) < 4.78 is 28.6. The molecule has 1 aromatic rings. The van der Waals surface area contributed by atoms with Crippen molar-refractivity contribution in [2.75, 3.05) is 25.6 Å². The summed E-state index contributed by atoms with van der Waals surface area (Å²) in [6, 6.07) is 7.26. The maximum atomic E-state index is 12.8. The molecule has 2 amide bonds. The van der Waals surface area contributed by atoms with Crippen LogP contribution in [-0.2, 0) is 39.8 Å². The summed E-state index contributed by atoms with van der Waals surface area (Å²) in [7, 11) is 1.59. The van der Waals surface area contributed by atoms with Gasteiger partial charge in [-0.25, -0.2) is 4.79 Å². The molecule has 0 radical (unpaired) electrons. The Balaban J connectivity index is 1.17. The van der Waals surface area contributed by atoms with Gasteiger partial charge in [-0.15, -0.1) is 0 Å². The zero-order valence-electron chi connectivity index (χ0n) is 27.1. The summed E-state index contributed by atoms with van der Waals surface area (Å²) in [5.74, 6) is -0.237. The summed E-state index contributed by atoms with van der Waals surface area (Å²) in [6.07, 6.45) is 5.67. The molecule has 244 valence electrons. The molecule has 2 aliphatic heterocycles. The molecule has 2 unspecified atom stereocenters. The summed E-state index contributed by atoms with van der Waals surface area (Å²) in [5, 5.41) is 5.70. The van der Waals surface area contributed by atoms with Crippen LogP contribution >= 0.6 is 0 Å². The Morgan fingerprint density at radius 1 is 1.16 bits per heavy atom. The number of carbonyl (C=O) groups excluding carboxylic acids is 3. The molecule has 0 aromatic heterocycles. The number of hydrogen-bond donors (Lipinski definition) is 2. The topological polar surface area (TPSA) is 128 Å². The first-order valence-corrected chi connectivity index (χ1v) is 16.0. The predicted molar refractivity (Wildman–Crippen MR) is 166 cm³/mol. The van der Waals surface area contributed by atoms with E-state index < -0.39 is 6.09 Å². The minimum Gasteiger partial charge on any atom is -0.463 e. The molecule has 10 nitrogen and oxygen atoms in total. The zero-order valence-corrected chi connectivity index (χ0v) is 27.1. The maximum Gasteiger partial charge on any atom is 0.407 e. The molecule has 2 heterocycles. The molecular weight excluding hydrogens is 564 g/mol. The molecule has 7 atom stereocenters. The fourth-order valence-electron chi connectivity index (χ4n) is 6.58. The third-order valence-corrected chi connectivity index (χ3v) is 9.32. The number of anilines is 1. The van der Waals surface area contributed by atoms with Crippen molar-refractivity contribution < 1.29 is 38.1 Å². The van der Waals surface area contributed by atoms with E-state index in [9.17, 15) is 14.4 Å². The Bertz CT molecular complexity index is 1170. The molecule has 1 saturated carbocycles. The van der Waals surface area contributed by atoms with Gasteiger partial charge in [0.15, 0.2) is 0 Å². The van der Waals surface area contributed by atoms with E-state index in [1.54, 1.807) is 19.2 Å². The second-order valence-electron chi connectivity index (χ2n) is 12.9. The fraction of sp³-hybridized carbons (Fsp3) is 0.676. The van der Waals surface area contributed by atoms with Crippen LogP contribution in [0, 0.1) is 11.8 Å². The van der Waals surface area contributed by atoms with E-state index in [1.807, 2.05) is 19.1 Å². The average molecular weight is 615 g/mol. The minimum atomic E-state index is -0.445. The lowest BCUT2D eigenvalue weighted by Gasteiger charge is -2.42.